The van der Waals surface area contributed by atoms with Gasteiger partial charge >= 0.3 is 0 Å². The number of aryl methyl sites for hydroxylation is 1. The lowest BCUT2D eigenvalue weighted by molar-refractivity contribution is 0.460. The minimum absolute atomic E-state index is 0.0550. The van der Waals surface area contributed by atoms with E-state index >= 15 is 0 Å². The highest BCUT2D eigenvalue weighted by atomic mass is 19.1. The van der Waals surface area contributed by atoms with Crippen LogP contribution in [0, 0.1) is 18.6 Å². The number of rotatable bonds is 1. The van der Waals surface area contributed by atoms with Gasteiger partial charge in [-0.2, -0.15) is 0 Å². The van der Waals surface area contributed by atoms with Crippen LogP contribution >= 0.6 is 0 Å². The van der Waals surface area contributed by atoms with Gasteiger partial charge < -0.3 is 10.1 Å². The maximum Gasteiger partial charge on any atom is 0.171 e. The third kappa shape index (κ3) is 3.23. The number of fused-ring (bicyclic) bond motifs is 5. The molecule has 0 fully saturated rings. The van der Waals surface area contributed by atoms with Crippen molar-refractivity contribution in [2.75, 3.05) is 5.32 Å². The Morgan fingerprint density at radius 3 is 2.48 bits per heavy atom. The van der Waals surface area contributed by atoms with Gasteiger partial charge in [-0.15, -0.1) is 0 Å². The monoisotopic (exact) mass is 415 g/mol. The topological polar surface area (TPSA) is 21.3 Å². The molecule has 0 unspecified atom stereocenters. The summed E-state index contributed by atoms with van der Waals surface area (Å²) in [6.07, 6.45) is 4.11. The van der Waals surface area contributed by atoms with Gasteiger partial charge in [0, 0.05) is 28.4 Å². The van der Waals surface area contributed by atoms with Gasteiger partial charge in [0.2, 0.25) is 0 Å². The molecule has 0 saturated heterocycles. The number of halogens is 2. The lowest BCUT2D eigenvalue weighted by Crippen LogP contribution is -2.32. The second-order valence-corrected chi connectivity index (χ2v) is 8.82. The zero-order chi connectivity index (χ0) is 21.9. The number of ether oxygens (including phenoxy) is 1. The third-order valence-corrected chi connectivity index (χ3v) is 5.87. The minimum atomic E-state index is -0.708. The van der Waals surface area contributed by atoms with Crippen molar-refractivity contribution in [3.8, 4) is 16.9 Å². The van der Waals surface area contributed by atoms with E-state index in [0.29, 0.717) is 11.3 Å². The van der Waals surface area contributed by atoms with Gasteiger partial charge in [-0.05, 0) is 68.2 Å². The SMILES string of the molecule is CC1=CC(C)(C)Nc2ccc3c(c21)/C(=C/c1ccccc1C)Oc1c(F)cc(F)cc1-3. The molecule has 2 aliphatic rings. The number of hydrogen-bond donors (Lipinski definition) is 1. The maximum absolute atomic E-state index is 14.7. The molecule has 0 spiro atoms. The Balaban J connectivity index is 1.84. The Bertz CT molecular complexity index is 1300. The van der Waals surface area contributed by atoms with Crippen molar-refractivity contribution in [2.24, 2.45) is 0 Å². The minimum Gasteiger partial charge on any atom is -0.453 e. The van der Waals surface area contributed by atoms with E-state index in [2.05, 4.69) is 32.2 Å². The van der Waals surface area contributed by atoms with Gasteiger partial charge in [0.15, 0.2) is 11.6 Å². The summed E-state index contributed by atoms with van der Waals surface area (Å²) in [7, 11) is 0. The number of nitrogens with one attached hydrogen (secondary N) is 1. The summed E-state index contributed by atoms with van der Waals surface area (Å²) >= 11 is 0. The highest BCUT2D eigenvalue weighted by molar-refractivity contribution is 6.00. The predicted molar refractivity (Wildman–Crippen MR) is 123 cm³/mol. The highest BCUT2D eigenvalue weighted by Crippen LogP contribution is 2.50. The van der Waals surface area contributed by atoms with Crippen molar-refractivity contribution in [2.45, 2.75) is 33.2 Å². The van der Waals surface area contributed by atoms with E-state index in [9.17, 15) is 8.78 Å². The van der Waals surface area contributed by atoms with Crippen LogP contribution in [0.15, 0.2) is 54.6 Å². The fourth-order valence-electron chi connectivity index (χ4n) is 4.61. The van der Waals surface area contributed by atoms with Crippen molar-refractivity contribution in [3.05, 3.63) is 88.5 Å². The lowest BCUT2D eigenvalue weighted by atomic mass is 9.83. The van der Waals surface area contributed by atoms with E-state index < -0.39 is 11.6 Å². The molecule has 0 amide bonds. The van der Waals surface area contributed by atoms with Gasteiger partial charge in [-0.25, -0.2) is 8.78 Å². The molecule has 0 radical (unpaired) electrons. The fraction of sp³-hybridized carbons (Fsp3) is 0.185. The quantitative estimate of drug-likeness (QED) is 0.446. The molecule has 4 heteroatoms. The molecule has 0 bridgehead atoms. The van der Waals surface area contributed by atoms with Crippen LogP contribution in [-0.4, -0.2) is 5.54 Å². The molecule has 0 aromatic heterocycles. The van der Waals surface area contributed by atoms with Crippen LogP contribution < -0.4 is 10.1 Å². The Kier molecular flexibility index (Phi) is 4.30. The molecule has 2 heterocycles. The zero-order valence-corrected chi connectivity index (χ0v) is 17.9. The Morgan fingerprint density at radius 2 is 1.71 bits per heavy atom. The second-order valence-electron chi connectivity index (χ2n) is 8.82. The Labute approximate surface area is 180 Å². The summed E-state index contributed by atoms with van der Waals surface area (Å²) in [6.45, 7) is 8.31. The highest BCUT2D eigenvalue weighted by Gasteiger charge is 2.32. The van der Waals surface area contributed by atoms with Gasteiger partial charge in [-0.3, -0.25) is 0 Å². The first-order chi connectivity index (χ1) is 14.7. The van der Waals surface area contributed by atoms with Crippen molar-refractivity contribution < 1.29 is 13.5 Å². The van der Waals surface area contributed by atoms with Crippen LogP contribution in [0.25, 0.3) is 28.5 Å². The van der Waals surface area contributed by atoms with Crippen LogP contribution in [0.1, 0.15) is 43.0 Å². The predicted octanol–water partition coefficient (Wildman–Crippen LogP) is 7.44. The van der Waals surface area contributed by atoms with E-state index in [1.165, 1.54) is 6.07 Å². The van der Waals surface area contributed by atoms with E-state index in [4.69, 9.17) is 4.74 Å². The normalized spacial score (nSPS) is 17.1. The number of hydrogen-bond acceptors (Lipinski definition) is 2. The maximum atomic E-state index is 14.7. The van der Waals surface area contributed by atoms with Crippen LogP contribution in [0.2, 0.25) is 0 Å². The van der Waals surface area contributed by atoms with Crippen molar-refractivity contribution in [3.63, 3.8) is 0 Å². The van der Waals surface area contributed by atoms with E-state index in [-0.39, 0.29) is 11.3 Å². The lowest BCUT2D eigenvalue weighted by Gasteiger charge is -2.35. The molecule has 2 aliphatic heterocycles. The smallest absolute Gasteiger partial charge is 0.171 e. The van der Waals surface area contributed by atoms with Crippen molar-refractivity contribution >= 4 is 23.1 Å². The van der Waals surface area contributed by atoms with Gasteiger partial charge in [0.25, 0.3) is 0 Å². The molecule has 0 atom stereocenters. The molecule has 0 saturated carbocycles. The van der Waals surface area contributed by atoms with Crippen molar-refractivity contribution in [1.82, 2.24) is 0 Å². The summed E-state index contributed by atoms with van der Waals surface area (Å²) in [6, 6.07) is 14.1. The Hall–Kier alpha value is -3.40. The summed E-state index contributed by atoms with van der Waals surface area (Å²) < 4.78 is 35.0. The van der Waals surface area contributed by atoms with Crippen LogP contribution in [0.4, 0.5) is 14.5 Å². The van der Waals surface area contributed by atoms with E-state index in [0.717, 1.165) is 45.1 Å². The van der Waals surface area contributed by atoms with Gasteiger partial charge in [-0.1, -0.05) is 36.4 Å². The average molecular weight is 415 g/mol. The third-order valence-electron chi connectivity index (χ3n) is 5.87. The van der Waals surface area contributed by atoms with Crippen LogP contribution in [0.3, 0.4) is 0 Å². The van der Waals surface area contributed by atoms with E-state index in [1.807, 2.05) is 49.4 Å². The molecular weight excluding hydrogens is 392 g/mol. The molecule has 156 valence electrons. The first kappa shape index (κ1) is 19.6. The molecule has 1 N–H and O–H groups in total. The molecule has 0 aliphatic carbocycles. The standard InChI is InChI=1S/C27H23F2NO/c1-15-7-5-6-8-17(15)11-23-25-19(20-12-18(28)13-21(29)26(20)31-23)9-10-22-24(25)16(2)14-27(3,4)30-22/h5-14,30H,1-4H3/b23-11-. The molecule has 5 rings (SSSR count). The van der Waals surface area contributed by atoms with Crippen LogP contribution in [-0.2, 0) is 0 Å². The number of anilines is 1. The summed E-state index contributed by atoms with van der Waals surface area (Å²) in [5.41, 5.74) is 6.96. The largest absolute Gasteiger partial charge is 0.453 e. The van der Waals surface area contributed by atoms with Gasteiger partial charge in [0.05, 0.1) is 5.54 Å². The summed E-state index contributed by atoms with van der Waals surface area (Å²) in [5.74, 6) is -0.727. The van der Waals surface area contributed by atoms with E-state index in [1.54, 1.807) is 0 Å². The first-order valence-corrected chi connectivity index (χ1v) is 10.3. The molecular formula is C27H23F2NO. The van der Waals surface area contributed by atoms with Crippen molar-refractivity contribution in [1.29, 1.82) is 0 Å². The second kappa shape index (κ2) is 6.81. The zero-order valence-electron chi connectivity index (χ0n) is 17.9. The molecule has 3 aromatic rings. The molecule has 31 heavy (non-hydrogen) atoms. The summed E-state index contributed by atoms with van der Waals surface area (Å²) in [4.78, 5) is 0. The summed E-state index contributed by atoms with van der Waals surface area (Å²) in [5, 5.41) is 3.55. The number of benzene rings is 3. The molecule has 3 aromatic carbocycles. The number of allylic oxidation sites excluding steroid dienone is 1. The molecule has 2 nitrogen and oxygen atoms in total. The van der Waals surface area contributed by atoms with Gasteiger partial charge in [0.1, 0.15) is 11.6 Å². The Morgan fingerprint density at radius 1 is 0.935 bits per heavy atom. The fourth-order valence-corrected chi connectivity index (χ4v) is 4.61. The van der Waals surface area contributed by atoms with Crippen LogP contribution in [0.5, 0.6) is 5.75 Å². The first-order valence-electron chi connectivity index (χ1n) is 10.3. The average Bonchev–Trinajstić information content (AvgIpc) is 2.69.